The van der Waals surface area contributed by atoms with Gasteiger partial charge in [0.05, 0.1) is 18.8 Å². The van der Waals surface area contributed by atoms with E-state index in [1.165, 1.54) is 25.9 Å². The molecule has 1 fully saturated rings. The van der Waals surface area contributed by atoms with Gasteiger partial charge in [-0.25, -0.2) is 0 Å². The molecule has 236 valence electrons. The quantitative estimate of drug-likeness (QED) is 0.112. The summed E-state index contributed by atoms with van der Waals surface area (Å²) in [6.07, 6.45) is 34.2. The average Bonchev–Trinajstić information content (AvgIpc) is 3.55. The second kappa shape index (κ2) is 25.2. The van der Waals surface area contributed by atoms with E-state index in [4.69, 9.17) is 4.74 Å². The second-order valence-electron chi connectivity index (χ2n) is 10.7. The molecule has 7 heteroatoms. The lowest BCUT2D eigenvalue weighted by molar-refractivity contribution is -0.121. The molecule has 1 aliphatic rings. The zero-order valence-corrected chi connectivity index (χ0v) is 26.4. The van der Waals surface area contributed by atoms with Crippen molar-refractivity contribution in [3.05, 3.63) is 90.3 Å². The van der Waals surface area contributed by atoms with Crippen molar-refractivity contribution >= 4 is 11.8 Å². The van der Waals surface area contributed by atoms with Gasteiger partial charge in [0.2, 0.25) is 5.91 Å². The molecular formula is C36H54N4O3. The Kier molecular flexibility index (Phi) is 21.1. The molecular weight excluding hydrogens is 536 g/mol. The van der Waals surface area contributed by atoms with Crippen molar-refractivity contribution in [3.63, 3.8) is 0 Å². The zero-order chi connectivity index (χ0) is 30.6. The first kappa shape index (κ1) is 35.9. The number of likely N-dealkylation sites (tertiary alicyclic amines) is 1. The zero-order valence-electron chi connectivity index (χ0n) is 26.4. The predicted molar refractivity (Wildman–Crippen MR) is 178 cm³/mol. The standard InChI is InChI=1S/C36H54N4O3/c1-2-3-4-5-6-7-8-9-10-11-12-13-14-15-16-17-18-21-35(41)37-25-30-43-31-26-38-36(42)33-22-23-34(39-32-33)24-29-40-27-19-20-28-40/h3-4,6-7,9-10,12-13,15-16,22-23,32H,2,5,8,11,14,17-21,24-31H2,1H3,(H,37,41)(H,38,42). The Hall–Kier alpha value is -3.29. The van der Waals surface area contributed by atoms with Crippen molar-refractivity contribution in [2.75, 3.05) is 45.9 Å². The van der Waals surface area contributed by atoms with Gasteiger partial charge in [-0.3, -0.25) is 14.6 Å². The summed E-state index contributed by atoms with van der Waals surface area (Å²) in [5, 5.41) is 5.74. The van der Waals surface area contributed by atoms with Crippen molar-refractivity contribution in [1.82, 2.24) is 20.5 Å². The molecule has 1 aromatic rings. The number of nitrogens with zero attached hydrogens (tertiary/aromatic N) is 2. The van der Waals surface area contributed by atoms with Crippen LogP contribution in [-0.4, -0.2) is 67.6 Å². The van der Waals surface area contributed by atoms with Gasteiger partial charge in [-0.1, -0.05) is 67.7 Å². The van der Waals surface area contributed by atoms with Gasteiger partial charge in [0.1, 0.15) is 0 Å². The number of nitrogens with one attached hydrogen (secondary N) is 2. The van der Waals surface area contributed by atoms with Crippen LogP contribution in [-0.2, 0) is 16.0 Å². The molecule has 0 saturated carbocycles. The summed E-state index contributed by atoms with van der Waals surface area (Å²) in [6.45, 7) is 7.24. The van der Waals surface area contributed by atoms with E-state index in [-0.39, 0.29) is 11.8 Å². The summed E-state index contributed by atoms with van der Waals surface area (Å²) >= 11 is 0. The Bertz CT molecular complexity index is 1020. The molecule has 0 aliphatic carbocycles. The molecule has 0 atom stereocenters. The van der Waals surface area contributed by atoms with Gasteiger partial charge in [0.15, 0.2) is 0 Å². The summed E-state index contributed by atoms with van der Waals surface area (Å²) in [4.78, 5) is 31.2. The summed E-state index contributed by atoms with van der Waals surface area (Å²) in [6, 6.07) is 3.77. The number of amides is 2. The van der Waals surface area contributed by atoms with Gasteiger partial charge in [0.25, 0.3) is 5.91 Å². The number of unbranched alkanes of at least 4 members (excludes halogenated alkanes) is 1. The molecule has 2 amide bonds. The third kappa shape index (κ3) is 19.5. The van der Waals surface area contributed by atoms with E-state index in [0.717, 1.165) is 63.6 Å². The Balaban J connectivity index is 1.37. The van der Waals surface area contributed by atoms with Crippen LogP contribution < -0.4 is 10.6 Å². The Morgan fingerprint density at radius 3 is 2.05 bits per heavy atom. The van der Waals surface area contributed by atoms with E-state index in [0.29, 0.717) is 38.3 Å². The number of carbonyl (C=O) groups excluding carboxylic acids is 2. The predicted octanol–water partition coefficient (Wildman–Crippen LogP) is 6.50. The van der Waals surface area contributed by atoms with E-state index in [2.05, 4.69) is 88.2 Å². The molecule has 0 aromatic carbocycles. The topological polar surface area (TPSA) is 83.6 Å². The number of pyridine rings is 1. The Morgan fingerprint density at radius 1 is 0.837 bits per heavy atom. The molecule has 1 aromatic heterocycles. The molecule has 2 heterocycles. The third-order valence-electron chi connectivity index (χ3n) is 7.00. The summed E-state index contributed by atoms with van der Waals surface area (Å²) in [5.41, 5.74) is 1.57. The molecule has 0 spiro atoms. The summed E-state index contributed by atoms with van der Waals surface area (Å²) in [7, 11) is 0. The van der Waals surface area contributed by atoms with Gasteiger partial charge >= 0.3 is 0 Å². The van der Waals surface area contributed by atoms with Crippen molar-refractivity contribution in [2.45, 2.75) is 77.6 Å². The Morgan fingerprint density at radius 2 is 1.44 bits per heavy atom. The number of allylic oxidation sites excluding steroid dienone is 10. The van der Waals surface area contributed by atoms with Crippen LogP contribution in [0.25, 0.3) is 0 Å². The normalized spacial score (nSPS) is 14.3. The highest BCUT2D eigenvalue weighted by Crippen LogP contribution is 2.09. The maximum Gasteiger partial charge on any atom is 0.252 e. The van der Waals surface area contributed by atoms with Crippen molar-refractivity contribution < 1.29 is 14.3 Å². The van der Waals surface area contributed by atoms with E-state index >= 15 is 0 Å². The van der Waals surface area contributed by atoms with Gasteiger partial charge in [-0.15, -0.1) is 0 Å². The SMILES string of the molecule is CCC=CCC=CCC=CCC=CCC=CCCCC(=O)NCCOCCNC(=O)c1ccc(CCN2CCCC2)nc1. The number of hydrogen-bond donors (Lipinski definition) is 2. The molecule has 1 saturated heterocycles. The van der Waals surface area contributed by atoms with Gasteiger partial charge in [0, 0.05) is 44.4 Å². The minimum atomic E-state index is -0.150. The highest BCUT2D eigenvalue weighted by atomic mass is 16.5. The molecule has 0 bridgehead atoms. The minimum absolute atomic E-state index is 0.0423. The van der Waals surface area contributed by atoms with Gasteiger partial charge < -0.3 is 20.3 Å². The fourth-order valence-electron chi connectivity index (χ4n) is 4.53. The molecule has 7 nitrogen and oxygen atoms in total. The molecule has 43 heavy (non-hydrogen) atoms. The number of rotatable bonds is 23. The van der Waals surface area contributed by atoms with Gasteiger partial charge in [-0.2, -0.15) is 0 Å². The molecule has 0 radical (unpaired) electrons. The van der Waals surface area contributed by atoms with E-state index in [1.807, 2.05) is 12.1 Å². The first-order chi connectivity index (χ1) is 21.2. The number of hydrogen-bond acceptors (Lipinski definition) is 5. The Labute approximate surface area is 260 Å². The van der Waals surface area contributed by atoms with Crippen LogP contribution in [0.4, 0.5) is 0 Å². The molecule has 2 N–H and O–H groups in total. The number of ether oxygens (including phenoxy) is 1. The number of carbonyl (C=O) groups is 2. The van der Waals surface area contributed by atoms with Crippen molar-refractivity contribution in [1.29, 1.82) is 0 Å². The van der Waals surface area contributed by atoms with Crippen molar-refractivity contribution in [2.24, 2.45) is 0 Å². The lowest BCUT2D eigenvalue weighted by Crippen LogP contribution is -2.30. The van der Waals surface area contributed by atoms with Crippen LogP contribution in [0.3, 0.4) is 0 Å². The fourth-order valence-corrected chi connectivity index (χ4v) is 4.53. The maximum atomic E-state index is 12.3. The lowest BCUT2D eigenvalue weighted by atomic mass is 10.2. The lowest BCUT2D eigenvalue weighted by Gasteiger charge is -2.13. The van der Waals surface area contributed by atoms with E-state index in [1.54, 1.807) is 6.20 Å². The van der Waals surface area contributed by atoms with Crippen LogP contribution in [0.15, 0.2) is 79.1 Å². The number of aromatic nitrogens is 1. The third-order valence-corrected chi connectivity index (χ3v) is 7.00. The van der Waals surface area contributed by atoms with Gasteiger partial charge in [-0.05, 0) is 83.0 Å². The van der Waals surface area contributed by atoms with E-state index < -0.39 is 0 Å². The maximum absolute atomic E-state index is 12.3. The van der Waals surface area contributed by atoms with E-state index in [9.17, 15) is 9.59 Å². The minimum Gasteiger partial charge on any atom is -0.378 e. The largest absolute Gasteiger partial charge is 0.378 e. The van der Waals surface area contributed by atoms with Crippen LogP contribution >= 0.6 is 0 Å². The average molecular weight is 591 g/mol. The van der Waals surface area contributed by atoms with Crippen LogP contribution in [0.2, 0.25) is 0 Å². The smallest absolute Gasteiger partial charge is 0.252 e. The van der Waals surface area contributed by atoms with Crippen molar-refractivity contribution in [3.8, 4) is 0 Å². The summed E-state index contributed by atoms with van der Waals surface area (Å²) < 4.78 is 5.53. The highest BCUT2D eigenvalue weighted by molar-refractivity contribution is 5.93. The fraction of sp³-hybridized carbons (Fsp3) is 0.528. The van der Waals surface area contributed by atoms with Crippen LogP contribution in [0.1, 0.15) is 87.2 Å². The second-order valence-corrected chi connectivity index (χ2v) is 10.7. The molecule has 1 aliphatic heterocycles. The highest BCUT2D eigenvalue weighted by Gasteiger charge is 2.11. The van der Waals surface area contributed by atoms with Crippen LogP contribution in [0.5, 0.6) is 0 Å². The van der Waals surface area contributed by atoms with Crippen LogP contribution in [0, 0.1) is 0 Å². The first-order valence-corrected chi connectivity index (χ1v) is 16.2. The first-order valence-electron chi connectivity index (χ1n) is 16.2. The molecule has 2 rings (SSSR count). The summed E-state index contributed by atoms with van der Waals surface area (Å²) in [5.74, 6) is -0.108. The molecule has 0 unspecified atom stereocenters. The monoisotopic (exact) mass is 590 g/mol.